The Bertz CT molecular complexity index is 390. The molecule has 0 spiro atoms. The Kier molecular flexibility index (Phi) is 2.82. The van der Waals surface area contributed by atoms with E-state index in [1.807, 2.05) is 0 Å². The summed E-state index contributed by atoms with van der Waals surface area (Å²) in [5, 5.41) is 3.18. The molecule has 88 valence electrons. The minimum absolute atomic E-state index is 0.327. The average molecular weight is 223 g/mol. The Balaban J connectivity index is 2.08. The number of halogens is 1. The van der Waals surface area contributed by atoms with E-state index in [1.54, 1.807) is 6.92 Å². The van der Waals surface area contributed by atoms with E-state index in [4.69, 9.17) is 0 Å². The summed E-state index contributed by atoms with van der Waals surface area (Å²) >= 11 is 0. The van der Waals surface area contributed by atoms with Crippen molar-refractivity contribution in [2.45, 2.75) is 46.1 Å². The molecule has 1 unspecified atom stereocenters. The summed E-state index contributed by atoms with van der Waals surface area (Å²) in [6.07, 6.45) is 4.72. The van der Waals surface area contributed by atoms with E-state index in [2.05, 4.69) is 29.1 Å². The Morgan fingerprint density at radius 1 is 1.44 bits per heavy atom. The van der Waals surface area contributed by atoms with Crippen LogP contribution in [0.5, 0.6) is 0 Å². The molecular weight excluding hydrogens is 205 g/mol. The number of nitrogens with zero attached hydrogens (tertiary/aromatic N) is 2. The molecule has 3 nitrogen and oxygen atoms in total. The zero-order chi connectivity index (χ0) is 11.8. The van der Waals surface area contributed by atoms with Gasteiger partial charge in [0.25, 0.3) is 0 Å². The predicted molar refractivity (Wildman–Crippen MR) is 61.8 cm³/mol. The van der Waals surface area contributed by atoms with Crippen LogP contribution in [0.1, 0.15) is 38.8 Å². The van der Waals surface area contributed by atoms with Crippen molar-refractivity contribution in [3.8, 4) is 0 Å². The standard InChI is InChI=1S/C12H18FN3/c1-8-10(13)11(15-7-14-8)16-9-4-5-12(2,3)6-9/h7,9H,4-6H2,1-3H3,(H,14,15,16). The molecule has 0 saturated heterocycles. The van der Waals surface area contributed by atoms with Crippen molar-refractivity contribution in [3.63, 3.8) is 0 Å². The van der Waals surface area contributed by atoms with Crippen LogP contribution in [0.4, 0.5) is 10.2 Å². The molecule has 1 aliphatic carbocycles. The molecule has 1 aliphatic rings. The van der Waals surface area contributed by atoms with Gasteiger partial charge < -0.3 is 5.32 Å². The van der Waals surface area contributed by atoms with Crippen LogP contribution in [0.2, 0.25) is 0 Å². The van der Waals surface area contributed by atoms with Crippen LogP contribution in [0.3, 0.4) is 0 Å². The van der Waals surface area contributed by atoms with E-state index in [0.717, 1.165) is 12.8 Å². The largest absolute Gasteiger partial charge is 0.365 e. The van der Waals surface area contributed by atoms with E-state index in [9.17, 15) is 4.39 Å². The van der Waals surface area contributed by atoms with Crippen molar-refractivity contribution in [2.24, 2.45) is 5.41 Å². The van der Waals surface area contributed by atoms with Gasteiger partial charge in [-0.2, -0.15) is 0 Å². The Morgan fingerprint density at radius 2 is 2.19 bits per heavy atom. The highest BCUT2D eigenvalue weighted by atomic mass is 19.1. The fourth-order valence-corrected chi connectivity index (χ4v) is 2.31. The Hall–Kier alpha value is -1.19. The minimum atomic E-state index is -0.327. The molecule has 1 fully saturated rings. The molecule has 0 bridgehead atoms. The quantitative estimate of drug-likeness (QED) is 0.837. The molecule has 16 heavy (non-hydrogen) atoms. The fourth-order valence-electron chi connectivity index (χ4n) is 2.31. The molecule has 0 amide bonds. The normalized spacial score (nSPS) is 23.4. The van der Waals surface area contributed by atoms with E-state index >= 15 is 0 Å². The summed E-state index contributed by atoms with van der Waals surface area (Å²) < 4.78 is 13.7. The first kappa shape index (κ1) is 11.3. The highest BCUT2D eigenvalue weighted by molar-refractivity contribution is 5.38. The number of hydrogen-bond donors (Lipinski definition) is 1. The van der Waals surface area contributed by atoms with Crippen LogP contribution in [-0.4, -0.2) is 16.0 Å². The molecule has 1 heterocycles. The first-order chi connectivity index (χ1) is 7.48. The summed E-state index contributed by atoms with van der Waals surface area (Å²) in [5.74, 6) is 0.0161. The van der Waals surface area contributed by atoms with E-state index in [1.165, 1.54) is 12.7 Å². The highest BCUT2D eigenvalue weighted by Crippen LogP contribution is 2.38. The number of aryl methyl sites for hydroxylation is 1. The first-order valence-corrected chi connectivity index (χ1v) is 5.71. The van der Waals surface area contributed by atoms with Crippen LogP contribution >= 0.6 is 0 Å². The SMILES string of the molecule is Cc1ncnc(NC2CCC(C)(C)C2)c1F. The lowest BCUT2D eigenvalue weighted by molar-refractivity contribution is 0.378. The van der Waals surface area contributed by atoms with Crippen LogP contribution < -0.4 is 5.32 Å². The van der Waals surface area contributed by atoms with Gasteiger partial charge in [0, 0.05) is 6.04 Å². The zero-order valence-corrected chi connectivity index (χ0v) is 10.0. The van der Waals surface area contributed by atoms with Crippen molar-refractivity contribution in [2.75, 3.05) is 5.32 Å². The molecule has 2 rings (SSSR count). The van der Waals surface area contributed by atoms with Gasteiger partial charge in [0.2, 0.25) is 0 Å². The van der Waals surface area contributed by atoms with Gasteiger partial charge in [-0.1, -0.05) is 13.8 Å². The number of hydrogen-bond acceptors (Lipinski definition) is 3. The lowest BCUT2D eigenvalue weighted by Crippen LogP contribution is -2.19. The molecule has 0 aliphatic heterocycles. The molecule has 1 aromatic heterocycles. The monoisotopic (exact) mass is 223 g/mol. The summed E-state index contributed by atoms with van der Waals surface area (Å²) in [6.45, 7) is 6.15. The predicted octanol–water partition coefficient (Wildman–Crippen LogP) is 2.91. The lowest BCUT2D eigenvalue weighted by Gasteiger charge is -2.18. The van der Waals surface area contributed by atoms with Gasteiger partial charge >= 0.3 is 0 Å². The first-order valence-electron chi connectivity index (χ1n) is 5.71. The topological polar surface area (TPSA) is 37.8 Å². The molecular formula is C12H18FN3. The lowest BCUT2D eigenvalue weighted by atomic mass is 9.92. The number of aromatic nitrogens is 2. The maximum atomic E-state index is 13.7. The van der Waals surface area contributed by atoms with Crippen LogP contribution in [-0.2, 0) is 0 Å². The molecule has 4 heteroatoms. The maximum absolute atomic E-state index is 13.7. The van der Waals surface area contributed by atoms with E-state index in [0.29, 0.717) is 23.0 Å². The van der Waals surface area contributed by atoms with Gasteiger partial charge in [-0.05, 0) is 31.6 Å². The number of nitrogens with one attached hydrogen (secondary N) is 1. The summed E-state index contributed by atoms with van der Waals surface area (Å²) in [6, 6.07) is 0.332. The molecule has 0 radical (unpaired) electrons. The van der Waals surface area contributed by atoms with Crippen LogP contribution in [0, 0.1) is 18.2 Å². The summed E-state index contributed by atoms with van der Waals surface area (Å²) in [4.78, 5) is 7.77. The van der Waals surface area contributed by atoms with Gasteiger partial charge in [0.15, 0.2) is 11.6 Å². The second-order valence-corrected chi connectivity index (χ2v) is 5.37. The molecule has 0 aromatic carbocycles. The van der Waals surface area contributed by atoms with E-state index < -0.39 is 0 Å². The van der Waals surface area contributed by atoms with Crippen molar-refractivity contribution in [1.82, 2.24) is 9.97 Å². The van der Waals surface area contributed by atoms with E-state index in [-0.39, 0.29) is 5.82 Å². The maximum Gasteiger partial charge on any atom is 0.186 e. The average Bonchev–Trinajstić information content (AvgIpc) is 2.53. The van der Waals surface area contributed by atoms with Crippen LogP contribution in [0.15, 0.2) is 6.33 Å². The molecule has 1 atom stereocenters. The zero-order valence-electron chi connectivity index (χ0n) is 10.0. The van der Waals surface area contributed by atoms with Gasteiger partial charge in [0.1, 0.15) is 6.33 Å². The molecule has 1 saturated carbocycles. The third-order valence-corrected chi connectivity index (χ3v) is 3.27. The van der Waals surface area contributed by atoms with Gasteiger partial charge in [-0.3, -0.25) is 0 Å². The third-order valence-electron chi connectivity index (χ3n) is 3.27. The molecule has 1 N–H and O–H groups in total. The van der Waals surface area contributed by atoms with Gasteiger partial charge in [0.05, 0.1) is 5.69 Å². The van der Waals surface area contributed by atoms with Crippen molar-refractivity contribution >= 4 is 5.82 Å². The van der Waals surface area contributed by atoms with Gasteiger partial charge in [-0.15, -0.1) is 0 Å². The smallest absolute Gasteiger partial charge is 0.186 e. The highest BCUT2D eigenvalue weighted by Gasteiger charge is 2.31. The van der Waals surface area contributed by atoms with Crippen molar-refractivity contribution in [1.29, 1.82) is 0 Å². The van der Waals surface area contributed by atoms with Crippen molar-refractivity contribution in [3.05, 3.63) is 17.8 Å². The summed E-state index contributed by atoms with van der Waals surface area (Å²) in [5.41, 5.74) is 0.755. The summed E-state index contributed by atoms with van der Waals surface area (Å²) in [7, 11) is 0. The van der Waals surface area contributed by atoms with Crippen molar-refractivity contribution < 1.29 is 4.39 Å². The Labute approximate surface area is 95.5 Å². The van der Waals surface area contributed by atoms with Gasteiger partial charge in [-0.25, -0.2) is 14.4 Å². The third kappa shape index (κ3) is 2.31. The molecule has 1 aromatic rings. The van der Waals surface area contributed by atoms with Crippen LogP contribution in [0.25, 0.3) is 0 Å². The number of rotatable bonds is 2. The second kappa shape index (κ2) is 4.00. The number of anilines is 1. The fraction of sp³-hybridized carbons (Fsp3) is 0.667. The Morgan fingerprint density at radius 3 is 2.81 bits per heavy atom. The second-order valence-electron chi connectivity index (χ2n) is 5.37. The minimum Gasteiger partial charge on any atom is -0.365 e.